The Morgan fingerprint density at radius 3 is 2.76 bits per heavy atom. The second-order valence-electron chi connectivity index (χ2n) is 3.64. The normalized spacial score (nSPS) is 13.5. The number of nitrogens with one attached hydrogen (secondary N) is 2. The van der Waals surface area contributed by atoms with Gasteiger partial charge in [-0.1, -0.05) is 42.5 Å². The average molecular weight is 226 g/mol. The van der Waals surface area contributed by atoms with E-state index in [1.165, 1.54) is 0 Å². The average Bonchev–Trinajstić information content (AvgIpc) is 2.66. The minimum Gasteiger partial charge on any atom is -0.357 e. The largest absolute Gasteiger partial charge is 0.357 e. The molecule has 0 saturated carbocycles. The molecule has 0 fully saturated rings. The molecule has 0 spiro atoms. The van der Waals surface area contributed by atoms with Gasteiger partial charge < -0.3 is 10.6 Å². The third-order valence-electron chi connectivity index (χ3n) is 2.36. The van der Waals surface area contributed by atoms with Crippen molar-refractivity contribution in [1.29, 1.82) is 0 Å². The van der Waals surface area contributed by atoms with Crippen LogP contribution in [0.15, 0.2) is 66.5 Å². The molecule has 3 nitrogen and oxygen atoms in total. The van der Waals surface area contributed by atoms with E-state index in [2.05, 4.69) is 10.6 Å². The Hall–Kier alpha value is -2.29. The van der Waals surface area contributed by atoms with Crippen LogP contribution >= 0.6 is 0 Å². The van der Waals surface area contributed by atoms with E-state index < -0.39 is 0 Å². The zero-order chi connectivity index (χ0) is 11.9. The Morgan fingerprint density at radius 2 is 1.94 bits per heavy atom. The Labute approximate surface area is 101 Å². The fourth-order valence-corrected chi connectivity index (χ4v) is 1.47. The highest BCUT2D eigenvalue weighted by atomic mass is 16.2. The first kappa shape index (κ1) is 11.2. The molecule has 0 aromatic heterocycles. The first-order valence-electron chi connectivity index (χ1n) is 5.48. The van der Waals surface area contributed by atoms with Crippen LogP contribution in [0.5, 0.6) is 0 Å². The molecule has 1 aromatic carbocycles. The van der Waals surface area contributed by atoms with Crippen LogP contribution < -0.4 is 10.6 Å². The molecule has 0 radical (unpaired) electrons. The van der Waals surface area contributed by atoms with Crippen molar-refractivity contribution in [2.75, 3.05) is 0 Å². The van der Waals surface area contributed by atoms with Crippen LogP contribution in [0.3, 0.4) is 0 Å². The Balaban J connectivity index is 1.92. The summed E-state index contributed by atoms with van der Waals surface area (Å²) in [5.74, 6) is -0.106. The molecular formula is C14H14N2O. The summed E-state index contributed by atoms with van der Waals surface area (Å²) < 4.78 is 0. The van der Waals surface area contributed by atoms with Crippen molar-refractivity contribution in [3.63, 3.8) is 0 Å². The van der Waals surface area contributed by atoms with Gasteiger partial charge in [0.1, 0.15) is 5.70 Å². The molecule has 0 aliphatic carbocycles. The molecule has 0 unspecified atom stereocenters. The molecule has 1 aliphatic rings. The minimum atomic E-state index is -0.106. The predicted octanol–water partition coefficient (Wildman–Crippen LogP) is 1.86. The summed E-state index contributed by atoms with van der Waals surface area (Å²) in [7, 11) is 0. The molecule has 3 heteroatoms. The smallest absolute Gasteiger partial charge is 0.267 e. The van der Waals surface area contributed by atoms with Crippen LogP contribution in [-0.2, 0) is 11.3 Å². The number of hydrogen-bond acceptors (Lipinski definition) is 2. The molecule has 1 amide bonds. The Bertz CT molecular complexity index is 472. The standard InChI is InChI=1S/C14H14N2O/c17-14(13-9-5-2-6-10-15-13)16-11-12-7-3-1-4-8-12/h1-10,15H,11H2,(H,16,17). The number of allylic oxidation sites excluding steroid dienone is 4. The van der Waals surface area contributed by atoms with E-state index in [-0.39, 0.29) is 5.91 Å². The van der Waals surface area contributed by atoms with Crippen molar-refractivity contribution >= 4 is 5.91 Å². The molecule has 2 rings (SSSR count). The third kappa shape index (κ3) is 3.34. The van der Waals surface area contributed by atoms with Crippen LogP contribution in [0.1, 0.15) is 5.56 Å². The van der Waals surface area contributed by atoms with Crippen molar-refractivity contribution in [2.45, 2.75) is 6.54 Å². The maximum atomic E-state index is 11.8. The monoisotopic (exact) mass is 226 g/mol. The van der Waals surface area contributed by atoms with E-state index >= 15 is 0 Å². The Morgan fingerprint density at radius 1 is 1.12 bits per heavy atom. The highest BCUT2D eigenvalue weighted by Crippen LogP contribution is 2.00. The second-order valence-corrected chi connectivity index (χ2v) is 3.64. The molecule has 1 heterocycles. The van der Waals surface area contributed by atoms with Gasteiger partial charge in [-0.3, -0.25) is 4.79 Å². The highest BCUT2D eigenvalue weighted by molar-refractivity contribution is 5.93. The quantitative estimate of drug-likeness (QED) is 0.826. The number of hydrogen-bond donors (Lipinski definition) is 2. The lowest BCUT2D eigenvalue weighted by molar-refractivity contribution is -0.117. The summed E-state index contributed by atoms with van der Waals surface area (Å²) >= 11 is 0. The van der Waals surface area contributed by atoms with Crippen molar-refractivity contribution in [1.82, 2.24) is 10.6 Å². The second kappa shape index (κ2) is 5.70. The first-order chi connectivity index (χ1) is 8.36. The van der Waals surface area contributed by atoms with Crippen LogP contribution in [0.25, 0.3) is 0 Å². The topological polar surface area (TPSA) is 41.1 Å². The van der Waals surface area contributed by atoms with Crippen molar-refractivity contribution < 1.29 is 4.79 Å². The number of carbonyl (C=O) groups is 1. The summed E-state index contributed by atoms with van der Waals surface area (Å²) in [6.45, 7) is 0.534. The number of benzene rings is 1. The molecule has 17 heavy (non-hydrogen) atoms. The van der Waals surface area contributed by atoms with Gasteiger partial charge in [0, 0.05) is 12.7 Å². The summed E-state index contributed by atoms with van der Waals surface area (Å²) in [4.78, 5) is 11.8. The van der Waals surface area contributed by atoms with Gasteiger partial charge in [0.2, 0.25) is 0 Å². The van der Waals surface area contributed by atoms with Gasteiger partial charge in [0.05, 0.1) is 0 Å². The van der Waals surface area contributed by atoms with E-state index in [9.17, 15) is 4.79 Å². The summed E-state index contributed by atoms with van der Waals surface area (Å²) in [5, 5.41) is 5.78. The maximum Gasteiger partial charge on any atom is 0.267 e. The number of amides is 1. The van der Waals surface area contributed by atoms with Crippen molar-refractivity contribution in [3.8, 4) is 0 Å². The van der Waals surface area contributed by atoms with Gasteiger partial charge in [-0.05, 0) is 17.7 Å². The zero-order valence-corrected chi connectivity index (χ0v) is 9.39. The van der Waals surface area contributed by atoms with Crippen LogP contribution in [0, 0.1) is 0 Å². The number of rotatable bonds is 3. The summed E-state index contributed by atoms with van der Waals surface area (Å²) in [6.07, 6.45) is 9.02. The van der Waals surface area contributed by atoms with Crippen molar-refractivity contribution in [2.24, 2.45) is 0 Å². The van der Waals surface area contributed by atoms with Crippen LogP contribution in [0.2, 0.25) is 0 Å². The lowest BCUT2D eigenvalue weighted by atomic mass is 10.2. The van der Waals surface area contributed by atoms with E-state index in [4.69, 9.17) is 0 Å². The fourth-order valence-electron chi connectivity index (χ4n) is 1.47. The van der Waals surface area contributed by atoms with Gasteiger partial charge >= 0.3 is 0 Å². The molecule has 1 aromatic rings. The third-order valence-corrected chi connectivity index (χ3v) is 2.36. The van der Waals surface area contributed by atoms with E-state index in [0.717, 1.165) is 5.56 Å². The lowest BCUT2D eigenvalue weighted by Gasteiger charge is -2.07. The zero-order valence-electron chi connectivity index (χ0n) is 9.39. The molecule has 2 N–H and O–H groups in total. The molecule has 0 atom stereocenters. The van der Waals surface area contributed by atoms with E-state index in [1.807, 2.05) is 48.6 Å². The van der Waals surface area contributed by atoms with Gasteiger partial charge in [0.25, 0.3) is 5.91 Å². The summed E-state index contributed by atoms with van der Waals surface area (Å²) in [5.41, 5.74) is 1.63. The van der Waals surface area contributed by atoms with Crippen LogP contribution in [-0.4, -0.2) is 5.91 Å². The van der Waals surface area contributed by atoms with Gasteiger partial charge in [-0.2, -0.15) is 0 Å². The van der Waals surface area contributed by atoms with E-state index in [1.54, 1.807) is 12.3 Å². The predicted molar refractivity (Wildman–Crippen MR) is 67.8 cm³/mol. The molecule has 0 saturated heterocycles. The summed E-state index contributed by atoms with van der Waals surface area (Å²) in [6, 6.07) is 9.83. The first-order valence-corrected chi connectivity index (χ1v) is 5.48. The number of carbonyl (C=O) groups excluding carboxylic acids is 1. The van der Waals surface area contributed by atoms with Gasteiger partial charge in [0.15, 0.2) is 0 Å². The lowest BCUT2D eigenvalue weighted by Crippen LogP contribution is -2.29. The molecule has 0 bridgehead atoms. The molecule has 86 valence electrons. The van der Waals surface area contributed by atoms with Gasteiger partial charge in [-0.25, -0.2) is 0 Å². The fraction of sp³-hybridized carbons (Fsp3) is 0.0714. The molecule has 1 aliphatic heterocycles. The van der Waals surface area contributed by atoms with Crippen molar-refractivity contribution in [3.05, 3.63) is 72.1 Å². The Kier molecular flexibility index (Phi) is 3.76. The SMILES string of the molecule is O=C(NCc1ccccc1)C1=CC=CC=CN1. The maximum absolute atomic E-state index is 11.8. The minimum absolute atomic E-state index is 0.106. The van der Waals surface area contributed by atoms with Crippen LogP contribution in [0.4, 0.5) is 0 Å². The van der Waals surface area contributed by atoms with E-state index in [0.29, 0.717) is 12.2 Å². The molecular weight excluding hydrogens is 212 g/mol. The highest BCUT2D eigenvalue weighted by Gasteiger charge is 2.06. The van der Waals surface area contributed by atoms with Gasteiger partial charge in [-0.15, -0.1) is 0 Å².